The largest absolute Gasteiger partial charge is 0.310 e. The van der Waals surface area contributed by atoms with Crippen molar-refractivity contribution in [3.05, 3.63) is 32.8 Å². The molecule has 4 N–H and O–H groups in total. The maximum Gasteiger partial charge on any atom is 0.306 e. The van der Waals surface area contributed by atoms with E-state index in [0.717, 1.165) is 6.07 Å². The lowest BCUT2D eigenvalue weighted by Gasteiger charge is -2.01. The third-order valence-electron chi connectivity index (χ3n) is 2.21. The second-order valence-electron chi connectivity index (χ2n) is 3.49. The summed E-state index contributed by atoms with van der Waals surface area (Å²) in [5.74, 6) is 5.13. The van der Waals surface area contributed by atoms with Gasteiger partial charge in [-0.1, -0.05) is 11.3 Å². The molecule has 2 aromatic rings. The van der Waals surface area contributed by atoms with E-state index in [1.165, 1.54) is 11.3 Å². The molecule has 0 bridgehead atoms. The van der Waals surface area contributed by atoms with Crippen LogP contribution in [0.25, 0.3) is 0 Å². The van der Waals surface area contributed by atoms with Crippen molar-refractivity contribution in [2.75, 3.05) is 5.43 Å². The zero-order chi connectivity index (χ0) is 14.8. The van der Waals surface area contributed by atoms with Crippen LogP contribution in [0, 0.1) is 10.1 Å². The summed E-state index contributed by atoms with van der Waals surface area (Å²) in [7, 11) is -3.85. The van der Waals surface area contributed by atoms with Crippen LogP contribution < -0.4 is 16.0 Å². The minimum absolute atomic E-state index is 0.0168. The van der Waals surface area contributed by atoms with Gasteiger partial charge < -0.3 is 5.43 Å². The highest BCUT2D eigenvalue weighted by atomic mass is 32.2. The molecule has 0 saturated carbocycles. The highest BCUT2D eigenvalue weighted by molar-refractivity contribution is 7.91. The van der Waals surface area contributed by atoms with Crippen molar-refractivity contribution in [2.45, 2.75) is 10.8 Å². The second-order valence-corrected chi connectivity index (χ2v) is 7.25. The third-order valence-corrected chi connectivity index (χ3v) is 5.77. The minimum atomic E-state index is -3.85. The zero-order valence-electron chi connectivity index (χ0n) is 9.77. The number of hydrogen-bond acceptors (Lipinski definition) is 9. The minimum Gasteiger partial charge on any atom is -0.310 e. The number of thiophene rings is 1. The van der Waals surface area contributed by atoms with Crippen LogP contribution >= 0.6 is 22.7 Å². The van der Waals surface area contributed by atoms with Gasteiger partial charge in [0.15, 0.2) is 5.00 Å². The Hall–Kier alpha value is -1.60. The molecule has 0 aliphatic rings. The number of nitrogens with one attached hydrogen (secondary N) is 2. The second kappa shape index (κ2) is 5.80. The van der Waals surface area contributed by atoms with Gasteiger partial charge in [0, 0.05) is 11.4 Å². The molecule has 0 radical (unpaired) electrons. The first-order valence-corrected chi connectivity index (χ1v) is 8.30. The van der Waals surface area contributed by atoms with Crippen molar-refractivity contribution in [2.24, 2.45) is 5.84 Å². The molecule has 108 valence electrons. The summed E-state index contributed by atoms with van der Waals surface area (Å²) in [5.41, 5.74) is 3.88. The summed E-state index contributed by atoms with van der Waals surface area (Å²) in [6.07, 6.45) is 0. The Kier molecular flexibility index (Phi) is 4.29. The van der Waals surface area contributed by atoms with Crippen molar-refractivity contribution < 1.29 is 13.3 Å². The molecule has 0 amide bonds. The maximum absolute atomic E-state index is 12.0. The Labute approximate surface area is 121 Å². The van der Waals surface area contributed by atoms with Gasteiger partial charge >= 0.3 is 5.69 Å². The Morgan fingerprint density at radius 1 is 1.50 bits per heavy atom. The molecule has 9 nitrogen and oxygen atoms in total. The van der Waals surface area contributed by atoms with E-state index in [9.17, 15) is 18.5 Å². The Bertz CT molecular complexity index is 709. The van der Waals surface area contributed by atoms with Gasteiger partial charge in [0.05, 0.1) is 22.7 Å². The topological polar surface area (TPSA) is 140 Å². The van der Waals surface area contributed by atoms with Gasteiger partial charge in [0.25, 0.3) is 10.0 Å². The number of sulfonamides is 1. The highest BCUT2D eigenvalue weighted by Gasteiger charge is 2.25. The first-order valence-electron chi connectivity index (χ1n) is 5.05. The van der Waals surface area contributed by atoms with E-state index in [-0.39, 0.29) is 21.4 Å². The van der Waals surface area contributed by atoms with Crippen LogP contribution in [-0.2, 0) is 16.6 Å². The zero-order valence-corrected chi connectivity index (χ0v) is 12.2. The molecular weight excluding hydrogens is 326 g/mol. The highest BCUT2D eigenvalue weighted by Crippen LogP contribution is 2.36. The summed E-state index contributed by atoms with van der Waals surface area (Å²) >= 11 is 2.03. The number of nitrogens with zero attached hydrogens (tertiary/aromatic N) is 2. The standard InChI is InChI=1S/C8H9N5O4S3/c9-12-8-6(13(14)15)1-7(19-8)20(16,17)11-2-5-3-18-4-10-5/h1,3-4,11-12H,2,9H2. The molecular formula is C8H9N5O4S3. The molecule has 0 saturated heterocycles. The number of anilines is 1. The van der Waals surface area contributed by atoms with E-state index in [4.69, 9.17) is 5.84 Å². The maximum atomic E-state index is 12.0. The first-order chi connectivity index (χ1) is 9.44. The SMILES string of the molecule is NNc1sc(S(=O)(=O)NCc2cscn2)cc1[N+](=O)[O-]. The fourth-order valence-corrected chi connectivity index (χ4v) is 4.14. The van der Waals surface area contributed by atoms with Crippen LogP contribution in [0.1, 0.15) is 5.69 Å². The molecule has 0 aliphatic heterocycles. The fraction of sp³-hybridized carbons (Fsp3) is 0.125. The van der Waals surface area contributed by atoms with E-state index in [0.29, 0.717) is 17.0 Å². The van der Waals surface area contributed by atoms with Crippen molar-refractivity contribution >= 4 is 43.4 Å². The Morgan fingerprint density at radius 2 is 2.25 bits per heavy atom. The molecule has 0 spiro atoms. The molecule has 20 heavy (non-hydrogen) atoms. The van der Waals surface area contributed by atoms with Crippen molar-refractivity contribution in [1.29, 1.82) is 0 Å². The lowest BCUT2D eigenvalue weighted by atomic mass is 10.5. The number of nitrogens with two attached hydrogens (primary N) is 1. The van der Waals surface area contributed by atoms with Crippen molar-refractivity contribution in [1.82, 2.24) is 9.71 Å². The van der Waals surface area contributed by atoms with Gasteiger partial charge in [-0.15, -0.1) is 11.3 Å². The number of aromatic nitrogens is 1. The van der Waals surface area contributed by atoms with Gasteiger partial charge in [-0.05, 0) is 0 Å². The molecule has 0 aromatic carbocycles. The molecule has 0 fully saturated rings. The normalized spacial score (nSPS) is 11.4. The van der Waals surface area contributed by atoms with Crippen LogP contribution in [0.2, 0.25) is 0 Å². The summed E-state index contributed by atoms with van der Waals surface area (Å²) in [4.78, 5) is 14.0. The van der Waals surface area contributed by atoms with E-state index in [1.807, 2.05) is 0 Å². The van der Waals surface area contributed by atoms with E-state index in [1.54, 1.807) is 10.9 Å². The number of hydrazine groups is 1. The van der Waals surface area contributed by atoms with Crippen LogP contribution in [-0.4, -0.2) is 18.3 Å². The van der Waals surface area contributed by atoms with Gasteiger partial charge in [0.1, 0.15) is 4.21 Å². The molecule has 2 rings (SSSR count). The first kappa shape index (κ1) is 14.8. The molecule has 0 aliphatic carbocycles. The molecule has 0 unspecified atom stereocenters. The number of hydrogen-bond donors (Lipinski definition) is 3. The van der Waals surface area contributed by atoms with Gasteiger partial charge in [-0.25, -0.2) is 24.0 Å². The molecule has 2 heterocycles. The van der Waals surface area contributed by atoms with Gasteiger partial charge in [-0.3, -0.25) is 10.1 Å². The number of rotatable bonds is 6. The number of nitro groups is 1. The van der Waals surface area contributed by atoms with Crippen molar-refractivity contribution in [3.63, 3.8) is 0 Å². The summed E-state index contributed by atoms with van der Waals surface area (Å²) < 4.78 is 26.2. The fourth-order valence-electron chi connectivity index (χ4n) is 1.30. The van der Waals surface area contributed by atoms with Crippen LogP contribution in [0.15, 0.2) is 21.2 Å². The average Bonchev–Trinajstić information content (AvgIpc) is 3.05. The number of nitrogen functional groups attached to an aromatic ring is 1. The summed E-state index contributed by atoms with van der Waals surface area (Å²) in [6, 6.07) is 0.962. The Morgan fingerprint density at radius 3 is 2.75 bits per heavy atom. The van der Waals surface area contributed by atoms with E-state index >= 15 is 0 Å². The van der Waals surface area contributed by atoms with Crippen LogP contribution in [0.4, 0.5) is 10.7 Å². The predicted molar refractivity (Wildman–Crippen MR) is 74.9 cm³/mol. The smallest absolute Gasteiger partial charge is 0.306 e. The Balaban J connectivity index is 2.23. The predicted octanol–water partition coefficient (Wildman–Crippen LogP) is 0.877. The molecule has 2 aromatic heterocycles. The van der Waals surface area contributed by atoms with Gasteiger partial charge in [0.2, 0.25) is 0 Å². The molecule has 12 heteroatoms. The average molecular weight is 335 g/mol. The van der Waals surface area contributed by atoms with Crippen molar-refractivity contribution in [3.8, 4) is 0 Å². The third kappa shape index (κ3) is 3.10. The molecule has 0 atom stereocenters. The summed E-state index contributed by atoms with van der Waals surface area (Å²) in [6.45, 7) is 0.0168. The number of thiazole rings is 1. The van der Waals surface area contributed by atoms with Crippen LogP contribution in [0.3, 0.4) is 0 Å². The summed E-state index contributed by atoms with van der Waals surface area (Å²) in [5, 5.41) is 12.4. The monoisotopic (exact) mass is 335 g/mol. The van der Waals surface area contributed by atoms with E-state index < -0.39 is 14.9 Å². The van der Waals surface area contributed by atoms with Crippen LogP contribution in [0.5, 0.6) is 0 Å². The lowest BCUT2D eigenvalue weighted by Crippen LogP contribution is -2.22. The quantitative estimate of drug-likeness (QED) is 0.404. The lowest BCUT2D eigenvalue weighted by molar-refractivity contribution is -0.383. The van der Waals surface area contributed by atoms with Gasteiger partial charge in [-0.2, -0.15) is 0 Å². The van der Waals surface area contributed by atoms with E-state index in [2.05, 4.69) is 15.1 Å².